The lowest BCUT2D eigenvalue weighted by molar-refractivity contribution is -0.141. The Morgan fingerprint density at radius 3 is 1.88 bits per heavy atom. The van der Waals surface area contributed by atoms with Crippen LogP contribution in [0.5, 0.6) is 0 Å². The molecular weight excluding hydrogens is 467 g/mol. The van der Waals surface area contributed by atoms with Crippen molar-refractivity contribution in [1.29, 1.82) is 0 Å². The predicted molar refractivity (Wildman–Crippen MR) is 139 cm³/mol. The van der Waals surface area contributed by atoms with Crippen LogP contribution < -0.4 is 5.32 Å². The summed E-state index contributed by atoms with van der Waals surface area (Å²) in [5.74, 6) is -0.395. The molecule has 3 aromatic rings. The summed E-state index contributed by atoms with van der Waals surface area (Å²) in [5.41, 5.74) is 1.99. The Labute approximate surface area is 211 Å². The molecule has 1 N–H and O–H groups in total. The van der Waals surface area contributed by atoms with Crippen LogP contribution in [-0.2, 0) is 29.0 Å². The van der Waals surface area contributed by atoms with E-state index < -0.39 is 11.6 Å². The summed E-state index contributed by atoms with van der Waals surface area (Å²) < 4.78 is 0. The van der Waals surface area contributed by atoms with Crippen LogP contribution in [0.4, 0.5) is 0 Å². The summed E-state index contributed by atoms with van der Waals surface area (Å²) in [5, 5.41) is 3.97. The van der Waals surface area contributed by atoms with E-state index in [0.29, 0.717) is 22.0 Å². The van der Waals surface area contributed by atoms with Crippen LogP contribution in [-0.4, -0.2) is 28.3 Å². The van der Waals surface area contributed by atoms with Crippen molar-refractivity contribution in [1.82, 2.24) is 10.2 Å². The van der Waals surface area contributed by atoms with Crippen molar-refractivity contribution in [3.8, 4) is 0 Å². The molecule has 0 heterocycles. The molecule has 0 radical (unpaired) electrons. The lowest BCUT2D eigenvalue weighted by Crippen LogP contribution is -2.54. The van der Waals surface area contributed by atoms with Crippen LogP contribution in [0.15, 0.2) is 78.9 Å². The third-order valence-electron chi connectivity index (χ3n) is 5.36. The third-order valence-corrected chi connectivity index (χ3v) is 6.07. The average Bonchev–Trinajstić information content (AvgIpc) is 2.78. The molecule has 2 amide bonds. The van der Waals surface area contributed by atoms with Crippen LogP contribution in [0.1, 0.15) is 37.5 Å². The second-order valence-corrected chi connectivity index (χ2v) is 10.1. The number of halogens is 2. The monoisotopic (exact) mass is 496 g/mol. The predicted octanol–water partition coefficient (Wildman–Crippen LogP) is 6.09. The van der Waals surface area contributed by atoms with Crippen molar-refractivity contribution in [3.63, 3.8) is 0 Å². The average molecular weight is 497 g/mol. The van der Waals surface area contributed by atoms with Gasteiger partial charge in [-0.1, -0.05) is 89.9 Å². The number of hydrogen-bond donors (Lipinski definition) is 1. The van der Waals surface area contributed by atoms with Crippen LogP contribution in [0.2, 0.25) is 10.0 Å². The van der Waals surface area contributed by atoms with Crippen molar-refractivity contribution in [2.24, 2.45) is 0 Å². The third kappa shape index (κ3) is 7.34. The second-order valence-electron chi connectivity index (χ2n) is 9.33. The molecule has 0 saturated heterocycles. The normalized spacial score (nSPS) is 12.1. The Kier molecular flexibility index (Phi) is 8.76. The Morgan fingerprint density at radius 2 is 1.35 bits per heavy atom. The molecule has 6 heteroatoms. The van der Waals surface area contributed by atoms with Crippen LogP contribution in [0, 0.1) is 0 Å². The smallest absolute Gasteiger partial charge is 0.243 e. The van der Waals surface area contributed by atoms with Crippen LogP contribution >= 0.6 is 23.2 Å². The van der Waals surface area contributed by atoms with Crippen LogP contribution in [0.25, 0.3) is 0 Å². The van der Waals surface area contributed by atoms with E-state index in [1.54, 1.807) is 23.1 Å². The van der Waals surface area contributed by atoms with E-state index in [1.807, 2.05) is 81.4 Å². The molecule has 178 valence electrons. The molecule has 0 saturated carbocycles. The van der Waals surface area contributed by atoms with Gasteiger partial charge in [0.1, 0.15) is 6.04 Å². The molecule has 0 bridgehead atoms. The van der Waals surface area contributed by atoms with Gasteiger partial charge < -0.3 is 10.2 Å². The van der Waals surface area contributed by atoms with Gasteiger partial charge >= 0.3 is 0 Å². The highest BCUT2D eigenvalue weighted by atomic mass is 35.5. The minimum Gasteiger partial charge on any atom is -0.350 e. The summed E-state index contributed by atoms with van der Waals surface area (Å²) in [6.07, 6.45) is 0.530. The van der Waals surface area contributed by atoms with Crippen molar-refractivity contribution < 1.29 is 9.59 Å². The molecule has 0 spiro atoms. The van der Waals surface area contributed by atoms with Crippen molar-refractivity contribution in [2.75, 3.05) is 0 Å². The fourth-order valence-electron chi connectivity index (χ4n) is 3.73. The van der Waals surface area contributed by atoms with E-state index in [4.69, 9.17) is 23.2 Å². The Hall–Kier alpha value is -2.82. The van der Waals surface area contributed by atoms with Gasteiger partial charge in [0.25, 0.3) is 0 Å². The van der Waals surface area contributed by atoms with Gasteiger partial charge in [0, 0.05) is 34.1 Å². The Morgan fingerprint density at radius 1 is 0.824 bits per heavy atom. The quantitative estimate of drug-likeness (QED) is 0.410. The zero-order chi connectivity index (χ0) is 24.7. The molecule has 0 aliphatic rings. The van der Waals surface area contributed by atoms with Gasteiger partial charge in [0.15, 0.2) is 0 Å². The Balaban J connectivity index is 2.03. The zero-order valence-corrected chi connectivity index (χ0v) is 21.2. The molecule has 1 atom stereocenters. The Bertz CT molecular complexity index is 1090. The van der Waals surface area contributed by atoms with E-state index in [-0.39, 0.29) is 24.8 Å². The number of benzene rings is 3. The molecule has 3 aromatic carbocycles. The highest BCUT2D eigenvalue weighted by molar-refractivity contribution is 6.36. The molecule has 0 fully saturated rings. The maximum atomic E-state index is 13.7. The van der Waals surface area contributed by atoms with Gasteiger partial charge in [-0.3, -0.25) is 9.59 Å². The van der Waals surface area contributed by atoms with Gasteiger partial charge in [-0.25, -0.2) is 0 Å². The number of rotatable bonds is 8. The highest BCUT2D eigenvalue weighted by Crippen LogP contribution is 2.27. The zero-order valence-electron chi connectivity index (χ0n) is 19.7. The largest absolute Gasteiger partial charge is 0.350 e. The standard InChI is InChI=1S/C28H30Cl2N2O2/c1-28(2,3)31-27(34)25(17-20-11-6-4-7-12-20)32(19-22-23(29)15-10-16-24(22)30)26(33)18-21-13-8-5-9-14-21/h4-16,25H,17-19H2,1-3H3,(H,31,34). The first-order valence-corrected chi connectivity index (χ1v) is 12.0. The molecule has 34 heavy (non-hydrogen) atoms. The maximum absolute atomic E-state index is 13.7. The van der Waals surface area contributed by atoms with Gasteiger partial charge in [0.2, 0.25) is 11.8 Å². The first-order chi connectivity index (χ1) is 16.1. The summed E-state index contributed by atoms with van der Waals surface area (Å²) in [7, 11) is 0. The molecule has 0 aromatic heterocycles. The van der Waals surface area contributed by atoms with E-state index >= 15 is 0 Å². The van der Waals surface area contributed by atoms with Gasteiger partial charge in [0.05, 0.1) is 6.42 Å². The SMILES string of the molecule is CC(C)(C)NC(=O)C(Cc1ccccc1)N(Cc1c(Cl)cccc1Cl)C(=O)Cc1ccccc1. The number of carbonyl (C=O) groups excluding carboxylic acids is 2. The lowest BCUT2D eigenvalue weighted by Gasteiger charge is -2.34. The molecule has 0 aliphatic heterocycles. The maximum Gasteiger partial charge on any atom is 0.243 e. The highest BCUT2D eigenvalue weighted by Gasteiger charge is 2.33. The second kappa shape index (κ2) is 11.5. The molecule has 1 unspecified atom stereocenters. The van der Waals surface area contributed by atoms with E-state index in [9.17, 15) is 9.59 Å². The van der Waals surface area contributed by atoms with Crippen LogP contribution in [0.3, 0.4) is 0 Å². The van der Waals surface area contributed by atoms with Crippen molar-refractivity contribution in [2.45, 2.75) is 51.7 Å². The molecule has 4 nitrogen and oxygen atoms in total. The summed E-state index contributed by atoms with van der Waals surface area (Å²) in [6.45, 7) is 5.89. The summed E-state index contributed by atoms with van der Waals surface area (Å²) in [6, 6.07) is 23.7. The number of hydrogen-bond acceptors (Lipinski definition) is 2. The molecular formula is C28H30Cl2N2O2. The fraction of sp³-hybridized carbons (Fsp3) is 0.286. The van der Waals surface area contributed by atoms with E-state index in [0.717, 1.165) is 11.1 Å². The number of amides is 2. The molecule has 3 rings (SSSR count). The fourth-order valence-corrected chi connectivity index (χ4v) is 4.25. The summed E-state index contributed by atoms with van der Waals surface area (Å²) >= 11 is 12.9. The minimum absolute atomic E-state index is 0.124. The number of carbonyl (C=O) groups is 2. The van der Waals surface area contributed by atoms with Gasteiger partial charge in [-0.2, -0.15) is 0 Å². The summed E-state index contributed by atoms with van der Waals surface area (Å²) in [4.78, 5) is 28.9. The van der Waals surface area contributed by atoms with Gasteiger partial charge in [-0.05, 0) is 44.0 Å². The number of nitrogens with one attached hydrogen (secondary N) is 1. The first-order valence-electron chi connectivity index (χ1n) is 11.3. The van der Waals surface area contributed by atoms with E-state index in [1.165, 1.54) is 0 Å². The minimum atomic E-state index is -0.745. The van der Waals surface area contributed by atoms with Crippen molar-refractivity contribution in [3.05, 3.63) is 106 Å². The lowest BCUT2D eigenvalue weighted by atomic mass is 10.00. The van der Waals surface area contributed by atoms with Crippen molar-refractivity contribution >= 4 is 35.0 Å². The number of nitrogens with zero attached hydrogens (tertiary/aromatic N) is 1. The van der Waals surface area contributed by atoms with E-state index in [2.05, 4.69) is 5.32 Å². The van der Waals surface area contributed by atoms with Gasteiger partial charge in [-0.15, -0.1) is 0 Å². The first kappa shape index (κ1) is 25.8. The topological polar surface area (TPSA) is 49.4 Å². The molecule has 0 aliphatic carbocycles.